The first-order valence-corrected chi connectivity index (χ1v) is 14.4. The van der Waals surface area contributed by atoms with Gasteiger partial charge < -0.3 is 44.1 Å². The summed E-state index contributed by atoms with van der Waals surface area (Å²) in [6, 6.07) is 5.07. The van der Waals surface area contributed by atoms with Gasteiger partial charge in [-0.25, -0.2) is 9.59 Å². The molecule has 1 saturated heterocycles. The van der Waals surface area contributed by atoms with Crippen LogP contribution in [-0.2, 0) is 33.4 Å². The third-order valence-electron chi connectivity index (χ3n) is 9.16. The van der Waals surface area contributed by atoms with Crippen LogP contribution < -0.4 is 9.47 Å². The number of methoxy groups -OCH3 is 2. The van der Waals surface area contributed by atoms with Crippen molar-refractivity contribution < 1.29 is 68.1 Å². The highest BCUT2D eigenvalue weighted by Gasteiger charge is 2.63. The summed E-state index contributed by atoms with van der Waals surface area (Å²) in [6.45, 7) is 3.19. The predicted octanol–water partition coefficient (Wildman–Crippen LogP) is 2.14. The molecule has 0 radical (unpaired) electrons. The largest absolute Gasteiger partial charge is 0.506 e. The molecule has 4 N–H and O–H groups in total. The fourth-order valence-corrected chi connectivity index (χ4v) is 7.00. The maximum Gasteiger partial charge on any atom is 0.358 e. The normalized spacial score (nSPS) is 29.9. The minimum absolute atomic E-state index is 0.00728. The second kappa shape index (κ2) is 10.5. The maximum absolute atomic E-state index is 13.6. The molecular weight excluding hydrogens is 608 g/mol. The molecule has 14 heteroatoms. The topological polar surface area (TPSA) is 212 Å². The molecule has 4 aliphatic rings. The lowest BCUT2D eigenvalue weighted by molar-refractivity contribution is -0.177. The molecule has 1 saturated carbocycles. The number of esters is 3. The van der Waals surface area contributed by atoms with Crippen LogP contribution in [0.3, 0.4) is 0 Å². The number of ketones is 2. The second-order valence-corrected chi connectivity index (χ2v) is 11.9. The van der Waals surface area contributed by atoms with Crippen LogP contribution in [0.4, 0.5) is 0 Å². The van der Waals surface area contributed by atoms with Crippen LogP contribution in [0.15, 0.2) is 29.8 Å². The molecule has 242 valence electrons. The van der Waals surface area contributed by atoms with Crippen molar-refractivity contribution >= 4 is 35.2 Å². The number of rotatable bonds is 4. The highest BCUT2D eigenvalue weighted by molar-refractivity contribution is 6.13. The van der Waals surface area contributed by atoms with E-state index >= 15 is 0 Å². The number of cyclic esters (lactones) is 1. The van der Waals surface area contributed by atoms with E-state index in [4.69, 9.17) is 23.7 Å². The summed E-state index contributed by atoms with van der Waals surface area (Å²) >= 11 is 0. The number of hydrogen-bond donors (Lipinski definition) is 4. The highest BCUT2D eigenvalue weighted by atomic mass is 16.6. The van der Waals surface area contributed by atoms with E-state index in [1.54, 1.807) is 6.92 Å². The summed E-state index contributed by atoms with van der Waals surface area (Å²) in [7, 11) is 2.13. The van der Waals surface area contributed by atoms with Crippen molar-refractivity contribution in [2.75, 3.05) is 14.2 Å². The van der Waals surface area contributed by atoms with Crippen LogP contribution >= 0.6 is 0 Å². The number of Topliss-reactive ketones (excluding diaryl/α,β-unsaturated/α-hetero) is 2. The van der Waals surface area contributed by atoms with Gasteiger partial charge in [-0.05, 0) is 30.2 Å². The van der Waals surface area contributed by atoms with E-state index in [9.17, 15) is 44.4 Å². The number of benzene rings is 2. The Kier molecular flexibility index (Phi) is 7.04. The Morgan fingerprint density at radius 1 is 0.804 bits per heavy atom. The molecule has 3 heterocycles. The van der Waals surface area contributed by atoms with Crippen molar-refractivity contribution in [2.45, 2.75) is 56.5 Å². The molecule has 2 fully saturated rings. The van der Waals surface area contributed by atoms with Gasteiger partial charge in [0, 0.05) is 23.5 Å². The molecular formula is C32H30O14. The van der Waals surface area contributed by atoms with Crippen molar-refractivity contribution in [3.05, 3.63) is 41.0 Å². The van der Waals surface area contributed by atoms with Gasteiger partial charge in [-0.2, -0.15) is 0 Å². The third-order valence-corrected chi connectivity index (χ3v) is 9.16. The Labute approximate surface area is 261 Å². The van der Waals surface area contributed by atoms with Gasteiger partial charge in [0.15, 0.2) is 17.7 Å². The molecule has 0 amide bonds. The number of aliphatic hydroxyl groups excluding tert-OH is 2. The summed E-state index contributed by atoms with van der Waals surface area (Å²) in [5.41, 5.74) is -5.95. The fraction of sp³-hybridized carbons (Fsp3) is 0.406. The molecule has 46 heavy (non-hydrogen) atoms. The van der Waals surface area contributed by atoms with Crippen LogP contribution in [-0.4, -0.2) is 87.5 Å². The van der Waals surface area contributed by atoms with Crippen molar-refractivity contribution in [2.24, 2.45) is 11.8 Å². The van der Waals surface area contributed by atoms with E-state index < -0.39 is 99.5 Å². The number of aliphatic hydroxyl groups is 2. The number of fused-ring (bicyclic) bond motifs is 3. The SMILES string of the molecule is COC(=O)C1(C2OC(=O)CC2C)CC(=O)c2c(ccc(-c3ccc4c(c3O)C(O)=C3C(=O)CC(C)C(O)C3(C(=O)OC)O4)c2O)O1. The van der Waals surface area contributed by atoms with Crippen molar-refractivity contribution in [1.29, 1.82) is 0 Å². The van der Waals surface area contributed by atoms with Gasteiger partial charge in [0.05, 0.1) is 32.6 Å². The van der Waals surface area contributed by atoms with Crippen LogP contribution in [0.2, 0.25) is 0 Å². The van der Waals surface area contributed by atoms with E-state index in [2.05, 4.69) is 0 Å². The van der Waals surface area contributed by atoms with Gasteiger partial charge in [0.2, 0.25) is 5.60 Å². The number of phenolic OH excluding ortho intramolecular Hbond substituents is 2. The number of ether oxygens (including phenoxy) is 5. The standard InChI is InChI=1S/C32H30O14/c1-12-9-16(33)23-26(38)22-19(46-32(23,27(12)39)30(41)43-4)8-6-15(25(22)37)14-5-7-18-21(24(14)36)17(34)11-31(45-18,29(40)42-3)28-13(2)10-20(35)44-28/h5-8,12-13,27-28,36-39H,9-11H2,1-4H3. The van der Waals surface area contributed by atoms with E-state index in [0.717, 1.165) is 14.2 Å². The zero-order valence-electron chi connectivity index (χ0n) is 25.1. The average molecular weight is 639 g/mol. The Morgan fingerprint density at radius 3 is 1.96 bits per heavy atom. The quantitative estimate of drug-likeness (QED) is 0.279. The lowest BCUT2D eigenvalue weighted by Gasteiger charge is -2.45. The molecule has 6 atom stereocenters. The second-order valence-electron chi connectivity index (χ2n) is 11.9. The minimum Gasteiger partial charge on any atom is -0.506 e. The first-order valence-electron chi connectivity index (χ1n) is 14.4. The Balaban J connectivity index is 1.47. The summed E-state index contributed by atoms with van der Waals surface area (Å²) in [5, 5.41) is 45.1. The minimum atomic E-state index is -2.40. The van der Waals surface area contributed by atoms with Crippen molar-refractivity contribution in [3.8, 4) is 34.1 Å². The zero-order chi connectivity index (χ0) is 33.5. The number of carbonyl (C=O) groups excluding carboxylic acids is 5. The summed E-state index contributed by atoms with van der Waals surface area (Å²) in [5.74, 6) is -7.99. The predicted molar refractivity (Wildman–Crippen MR) is 153 cm³/mol. The summed E-state index contributed by atoms with van der Waals surface area (Å²) < 4.78 is 27.1. The van der Waals surface area contributed by atoms with Gasteiger partial charge >= 0.3 is 17.9 Å². The lowest BCUT2D eigenvalue weighted by atomic mass is 9.69. The van der Waals surface area contributed by atoms with Crippen molar-refractivity contribution in [3.63, 3.8) is 0 Å². The third kappa shape index (κ3) is 4.02. The molecule has 2 aromatic rings. The zero-order valence-corrected chi connectivity index (χ0v) is 25.1. The van der Waals surface area contributed by atoms with Crippen molar-refractivity contribution in [1.82, 2.24) is 0 Å². The van der Waals surface area contributed by atoms with Gasteiger partial charge in [-0.3, -0.25) is 14.4 Å². The van der Waals surface area contributed by atoms with E-state index in [1.807, 2.05) is 0 Å². The Morgan fingerprint density at radius 2 is 1.39 bits per heavy atom. The Bertz CT molecular complexity index is 1770. The molecule has 6 unspecified atom stereocenters. The van der Waals surface area contributed by atoms with E-state index in [-0.39, 0.29) is 41.0 Å². The highest BCUT2D eigenvalue weighted by Crippen LogP contribution is 2.54. The molecule has 0 bridgehead atoms. The molecule has 14 nitrogen and oxygen atoms in total. The number of hydrogen-bond acceptors (Lipinski definition) is 14. The molecule has 6 rings (SSSR count). The fourth-order valence-electron chi connectivity index (χ4n) is 7.00. The lowest BCUT2D eigenvalue weighted by Crippen LogP contribution is -2.64. The average Bonchev–Trinajstić information content (AvgIpc) is 3.36. The Hall–Kier alpha value is -5.11. The van der Waals surface area contributed by atoms with Gasteiger partial charge in [0.1, 0.15) is 46.0 Å². The molecule has 0 aromatic heterocycles. The van der Waals surface area contributed by atoms with Crippen LogP contribution in [0, 0.1) is 11.8 Å². The van der Waals surface area contributed by atoms with Crippen LogP contribution in [0.25, 0.3) is 16.9 Å². The molecule has 2 aromatic carbocycles. The monoisotopic (exact) mass is 638 g/mol. The van der Waals surface area contributed by atoms with Crippen LogP contribution in [0.1, 0.15) is 49.0 Å². The van der Waals surface area contributed by atoms with E-state index in [0.29, 0.717) is 0 Å². The number of aromatic hydroxyl groups is 2. The van der Waals surface area contributed by atoms with Gasteiger partial charge in [-0.1, -0.05) is 13.8 Å². The van der Waals surface area contributed by atoms with Gasteiger partial charge in [0.25, 0.3) is 5.60 Å². The summed E-state index contributed by atoms with van der Waals surface area (Å²) in [6.07, 6.45) is -3.62. The molecule has 3 aliphatic heterocycles. The molecule has 1 aliphatic carbocycles. The first-order chi connectivity index (χ1) is 21.7. The van der Waals surface area contributed by atoms with E-state index in [1.165, 1.54) is 31.2 Å². The molecule has 0 spiro atoms. The maximum atomic E-state index is 13.6. The smallest absolute Gasteiger partial charge is 0.358 e. The van der Waals surface area contributed by atoms with Gasteiger partial charge in [-0.15, -0.1) is 0 Å². The number of phenols is 2. The van der Waals surface area contributed by atoms with Crippen LogP contribution in [0.5, 0.6) is 23.0 Å². The first kappa shape index (κ1) is 30.9. The summed E-state index contributed by atoms with van der Waals surface area (Å²) in [4.78, 5) is 64.8. The number of carbonyl (C=O) groups is 5.